The van der Waals surface area contributed by atoms with Crippen LogP contribution in [0.2, 0.25) is 0 Å². The number of aliphatic imine (C=N–C) groups is 1. The van der Waals surface area contributed by atoms with Crippen molar-refractivity contribution in [2.45, 2.75) is 0 Å². The molecule has 1 aliphatic rings. The van der Waals surface area contributed by atoms with Crippen LogP contribution < -0.4 is 0 Å². The average molecular weight is 233 g/mol. The summed E-state index contributed by atoms with van der Waals surface area (Å²) in [6.07, 6.45) is 2.37. The van der Waals surface area contributed by atoms with Crippen LogP contribution in [-0.2, 0) is 9.59 Å². The number of Topliss-reactive ketones (excluding diaryl/α,β-unsaturated/α-hetero) is 1. The minimum Gasteiger partial charge on any atom is -0.480 e. The summed E-state index contributed by atoms with van der Waals surface area (Å²) >= 11 is 0. The van der Waals surface area contributed by atoms with E-state index in [9.17, 15) is 14.0 Å². The van der Waals surface area contributed by atoms with Gasteiger partial charge in [-0.2, -0.15) is 0 Å². The van der Waals surface area contributed by atoms with E-state index in [2.05, 4.69) is 4.99 Å². The van der Waals surface area contributed by atoms with Crippen molar-refractivity contribution in [3.8, 4) is 0 Å². The van der Waals surface area contributed by atoms with Gasteiger partial charge in [-0.05, 0) is 17.7 Å². The zero-order valence-electron chi connectivity index (χ0n) is 8.63. The number of ketones is 1. The zero-order chi connectivity index (χ0) is 12.4. The smallest absolute Gasteiger partial charge is 0.319 e. The number of carbonyl (C=O) groups is 2. The van der Waals surface area contributed by atoms with Crippen LogP contribution in [0.25, 0.3) is 5.57 Å². The molecule has 4 nitrogen and oxygen atoms in total. The fourth-order valence-corrected chi connectivity index (χ4v) is 1.52. The summed E-state index contributed by atoms with van der Waals surface area (Å²) in [6, 6.07) is 5.24. The van der Waals surface area contributed by atoms with E-state index in [4.69, 9.17) is 5.11 Å². The molecular formula is C12H8FNO3. The molecule has 0 saturated heterocycles. The predicted octanol–water partition coefficient (Wildman–Crippen LogP) is 1.52. The number of aliphatic carboxylic acids is 1. The molecule has 2 rings (SSSR count). The number of halogens is 1. The molecule has 0 amide bonds. The number of rotatable bonds is 2. The van der Waals surface area contributed by atoms with Crippen molar-refractivity contribution in [3.05, 3.63) is 41.8 Å². The topological polar surface area (TPSA) is 66.7 Å². The van der Waals surface area contributed by atoms with Crippen LogP contribution >= 0.6 is 0 Å². The Morgan fingerprint density at radius 1 is 1.29 bits per heavy atom. The SMILES string of the molecule is O=C(O)[C@@H]1C=NC=C(c2ccc(F)cc2)C1=O. The number of hydrogen-bond acceptors (Lipinski definition) is 3. The Bertz CT molecular complexity index is 531. The highest BCUT2D eigenvalue weighted by atomic mass is 19.1. The van der Waals surface area contributed by atoms with E-state index >= 15 is 0 Å². The Morgan fingerprint density at radius 3 is 2.53 bits per heavy atom. The van der Waals surface area contributed by atoms with Crippen LogP contribution in [0.1, 0.15) is 5.56 Å². The first-order valence-electron chi connectivity index (χ1n) is 4.86. The van der Waals surface area contributed by atoms with Crippen molar-refractivity contribution in [2.24, 2.45) is 10.9 Å². The average Bonchev–Trinajstić information content (AvgIpc) is 2.30. The summed E-state index contributed by atoms with van der Waals surface area (Å²) in [6.45, 7) is 0. The van der Waals surface area contributed by atoms with Gasteiger partial charge in [-0.15, -0.1) is 0 Å². The molecule has 1 aromatic rings. The quantitative estimate of drug-likeness (QED) is 0.787. The lowest BCUT2D eigenvalue weighted by Gasteiger charge is -2.13. The van der Waals surface area contributed by atoms with E-state index in [-0.39, 0.29) is 5.57 Å². The third kappa shape index (κ3) is 2.13. The van der Waals surface area contributed by atoms with E-state index in [1.54, 1.807) is 0 Å². The van der Waals surface area contributed by atoms with Crippen molar-refractivity contribution >= 4 is 23.5 Å². The molecule has 0 aliphatic carbocycles. The molecule has 1 aromatic carbocycles. The molecule has 1 atom stereocenters. The lowest BCUT2D eigenvalue weighted by Crippen LogP contribution is -2.27. The largest absolute Gasteiger partial charge is 0.480 e. The van der Waals surface area contributed by atoms with Crippen molar-refractivity contribution in [1.82, 2.24) is 0 Å². The Morgan fingerprint density at radius 2 is 1.94 bits per heavy atom. The van der Waals surface area contributed by atoms with Crippen molar-refractivity contribution in [1.29, 1.82) is 0 Å². The highest BCUT2D eigenvalue weighted by Gasteiger charge is 2.29. The van der Waals surface area contributed by atoms with Crippen LogP contribution in [0, 0.1) is 11.7 Å². The van der Waals surface area contributed by atoms with E-state index in [1.807, 2.05) is 0 Å². The fraction of sp³-hybridized carbons (Fsp3) is 0.0833. The number of nitrogens with zero attached hydrogens (tertiary/aromatic N) is 1. The zero-order valence-corrected chi connectivity index (χ0v) is 8.63. The molecule has 0 unspecified atom stereocenters. The van der Waals surface area contributed by atoms with Crippen LogP contribution in [0.15, 0.2) is 35.5 Å². The second kappa shape index (κ2) is 4.29. The van der Waals surface area contributed by atoms with Gasteiger partial charge in [0.1, 0.15) is 5.82 Å². The van der Waals surface area contributed by atoms with Gasteiger partial charge >= 0.3 is 5.97 Å². The Labute approximate surface area is 96.1 Å². The summed E-state index contributed by atoms with van der Waals surface area (Å²) in [5.41, 5.74) is 0.638. The van der Waals surface area contributed by atoms with Crippen molar-refractivity contribution in [2.75, 3.05) is 0 Å². The Kier molecular flexibility index (Phi) is 2.82. The highest BCUT2D eigenvalue weighted by Crippen LogP contribution is 2.22. The van der Waals surface area contributed by atoms with Gasteiger partial charge < -0.3 is 5.11 Å². The lowest BCUT2D eigenvalue weighted by molar-refractivity contribution is -0.141. The molecular weight excluding hydrogens is 225 g/mol. The molecule has 0 saturated carbocycles. The van der Waals surface area contributed by atoms with E-state index in [0.717, 1.165) is 6.21 Å². The van der Waals surface area contributed by atoms with Crippen molar-refractivity contribution in [3.63, 3.8) is 0 Å². The maximum atomic E-state index is 12.7. The first kappa shape index (κ1) is 11.2. The minimum absolute atomic E-state index is 0.180. The Hall–Kier alpha value is -2.30. The first-order valence-corrected chi connectivity index (χ1v) is 4.86. The van der Waals surface area contributed by atoms with Crippen molar-refractivity contribution < 1.29 is 19.1 Å². The van der Waals surface area contributed by atoms with Gasteiger partial charge in [-0.25, -0.2) is 4.39 Å². The second-order valence-electron chi connectivity index (χ2n) is 3.53. The third-order valence-corrected chi connectivity index (χ3v) is 2.41. The number of carboxylic acid groups (broad SMARTS) is 1. The summed E-state index contributed by atoms with van der Waals surface area (Å²) < 4.78 is 12.7. The fourth-order valence-electron chi connectivity index (χ4n) is 1.52. The molecule has 17 heavy (non-hydrogen) atoms. The van der Waals surface area contributed by atoms with Gasteiger partial charge in [-0.3, -0.25) is 14.6 Å². The monoisotopic (exact) mass is 233 g/mol. The molecule has 0 fully saturated rings. The molecule has 0 aromatic heterocycles. The maximum absolute atomic E-state index is 12.7. The van der Waals surface area contributed by atoms with Gasteiger partial charge in [0, 0.05) is 18.0 Å². The van der Waals surface area contributed by atoms with E-state index < -0.39 is 23.5 Å². The van der Waals surface area contributed by atoms with Gasteiger partial charge in [-0.1, -0.05) is 12.1 Å². The Balaban J connectivity index is 2.37. The van der Waals surface area contributed by atoms with Crippen LogP contribution in [0.4, 0.5) is 4.39 Å². The molecule has 1 aliphatic heterocycles. The molecule has 86 valence electrons. The maximum Gasteiger partial charge on any atom is 0.319 e. The summed E-state index contributed by atoms with van der Waals surface area (Å²) in [7, 11) is 0. The molecule has 0 spiro atoms. The summed E-state index contributed by atoms with van der Waals surface area (Å²) in [4.78, 5) is 26.3. The number of carbonyl (C=O) groups excluding carboxylic acids is 1. The molecule has 1 heterocycles. The van der Waals surface area contributed by atoms with Crippen LogP contribution in [0.3, 0.4) is 0 Å². The highest BCUT2D eigenvalue weighted by molar-refractivity contribution is 6.32. The molecule has 5 heteroatoms. The minimum atomic E-state index is -1.26. The normalized spacial score (nSPS) is 19.0. The van der Waals surface area contributed by atoms with Gasteiger partial charge in [0.2, 0.25) is 0 Å². The predicted molar refractivity (Wildman–Crippen MR) is 59.0 cm³/mol. The molecule has 0 bridgehead atoms. The third-order valence-electron chi connectivity index (χ3n) is 2.41. The van der Waals surface area contributed by atoms with Crippen LogP contribution in [-0.4, -0.2) is 23.1 Å². The van der Waals surface area contributed by atoms with Gasteiger partial charge in [0.15, 0.2) is 11.7 Å². The second-order valence-corrected chi connectivity index (χ2v) is 3.53. The van der Waals surface area contributed by atoms with Crippen LogP contribution in [0.5, 0.6) is 0 Å². The number of hydrogen-bond donors (Lipinski definition) is 1. The number of benzene rings is 1. The molecule has 0 radical (unpaired) electrons. The van der Waals surface area contributed by atoms with Gasteiger partial charge in [0.05, 0.1) is 0 Å². The lowest BCUT2D eigenvalue weighted by atomic mass is 9.92. The molecule has 1 N–H and O–H groups in total. The van der Waals surface area contributed by atoms with E-state index in [0.29, 0.717) is 5.56 Å². The standard InChI is InChI=1S/C12H8FNO3/c13-8-3-1-7(2-4-8)9-5-14-6-10(11(9)15)12(16)17/h1-6,10H,(H,16,17)/t10-/m1/s1. The first-order chi connectivity index (χ1) is 8.09. The summed E-state index contributed by atoms with van der Waals surface area (Å²) in [5.74, 6) is -3.47. The summed E-state index contributed by atoms with van der Waals surface area (Å²) in [5, 5.41) is 8.82. The number of allylic oxidation sites excluding steroid dienone is 1. The number of carboxylic acids is 1. The van der Waals surface area contributed by atoms with E-state index in [1.165, 1.54) is 30.5 Å². The van der Waals surface area contributed by atoms with Gasteiger partial charge in [0.25, 0.3) is 0 Å².